The van der Waals surface area contributed by atoms with Crippen molar-refractivity contribution in [3.63, 3.8) is 0 Å². The average Bonchev–Trinajstić information content (AvgIpc) is 1.35. The van der Waals surface area contributed by atoms with Crippen LogP contribution in [-0.4, -0.2) is 13.5 Å². The molecule has 0 unspecified atom stereocenters. The number of hydrogen-bond donors (Lipinski definition) is 1. The zero-order valence-electron chi connectivity index (χ0n) is 4.78. The van der Waals surface area contributed by atoms with Crippen molar-refractivity contribution < 1.29 is 0 Å². The van der Waals surface area contributed by atoms with E-state index in [1.54, 1.807) is 0 Å². The quantitative estimate of drug-likeness (QED) is 0.554. The summed E-state index contributed by atoms with van der Waals surface area (Å²) in [6, 6.07) is 0. The Morgan fingerprint density at radius 3 is 1.67 bits per heavy atom. The molecule has 0 aromatic heterocycles. The summed E-state index contributed by atoms with van der Waals surface area (Å²) in [5.41, 5.74) is 0. The molecule has 0 atom stereocenters. The second-order valence-corrected chi connectivity index (χ2v) is 12.2. The second-order valence-electron chi connectivity index (χ2n) is 2.34. The molecule has 2 N–H and O–H groups in total. The molecule has 0 heterocycles. The topological polar surface area (TPSA) is 26.0 Å². The SMILES string of the molecule is C[CH2][Ge]([CH3])([CH3])[NH2]. The molecule has 0 aliphatic heterocycles. The summed E-state index contributed by atoms with van der Waals surface area (Å²) < 4.78 is 5.72. The predicted octanol–water partition coefficient (Wildman–Crippen LogP) is 1.17. The van der Waals surface area contributed by atoms with E-state index in [4.69, 9.17) is 4.69 Å². The van der Waals surface area contributed by atoms with Gasteiger partial charge in [-0.2, -0.15) is 0 Å². The molecule has 1 nitrogen and oxygen atoms in total. The molecular weight excluding hydrogens is 135 g/mol. The van der Waals surface area contributed by atoms with Gasteiger partial charge in [-0.05, 0) is 0 Å². The van der Waals surface area contributed by atoms with E-state index in [1.165, 1.54) is 5.25 Å². The molecule has 0 spiro atoms. The molecular formula is C4H13GeN. The first-order valence-electron chi connectivity index (χ1n) is 2.35. The molecule has 2 heteroatoms. The Hall–Kier alpha value is 0.503. The molecule has 0 rings (SSSR count). The number of hydrogen-bond acceptors (Lipinski definition) is 1. The third kappa shape index (κ3) is 4.50. The van der Waals surface area contributed by atoms with Crippen LogP contribution in [0.4, 0.5) is 0 Å². The van der Waals surface area contributed by atoms with Crippen molar-refractivity contribution in [1.82, 2.24) is 0 Å². The van der Waals surface area contributed by atoms with Crippen LogP contribution >= 0.6 is 0 Å². The molecule has 0 aromatic carbocycles. The maximum absolute atomic E-state index is 5.72. The fourth-order valence-electron chi connectivity index (χ4n) is 0. The van der Waals surface area contributed by atoms with Gasteiger partial charge in [-0.3, -0.25) is 0 Å². The van der Waals surface area contributed by atoms with E-state index >= 15 is 0 Å². The van der Waals surface area contributed by atoms with Crippen LogP contribution in [0.5, 0.6) is 0 Å². The Morgan fingerprint density at radius 2 is 1.67 bits per heavy atom. The number of nitrogens with two attached hydrogens (primary N) is 1. The van der Waals surface area contributed by atoms with Crippen molar-refractivity contribution in [3.05, 3.63) is 0 Å². The van der Waals surface area contributed by atoms with E-state index < -0.39 is 13.5 Å². The molecule has 0 amide bonds. The monoisotopic (exact) mass is 149 g/mol. The summed E-state index contributed by atoms with van der Waals surface area (Å²) in [5, 5.41) is 1.24. The predicted molar refractivity (Wildman–Crippen MR) is 32.2 cm³/mol. The molecule has 0 fully saturated rings. The summed E-state index contributed by atoms with van der Waals surface area (Å²) in [6.45, 7) is 2.17. The van der Waals surface area contributed by atoms with Crippen LogP contribution in [0.1, 0.15) is 6.92 Å². The van der Waals surface area contributed by atoms with E-state index in [0.29, 0.717) is 0 Å². The van der Waals surface area contributed by atoms with Crippen molar-refractivity contribution in [1.29, 1.82) is 0 Å². The Balaban J connectivity index is 3.17. The molecule has 38 valence electrons. The summed E-state index contributed by atoms with van der Waals surface area (Å²) in [6.07, 6.45) is 0. The Labute approximate surface area is 42.5 Å². The first kappa shape index (κ1) is 6.50. The molecule has 0 saturated heterocycles. The van der Waals surface area contributed by atoms with Gasteiger partial charge in [0.1, 0.15) is 0 Å². The van der Waals surface area contributed by atoms with Crippen molar-refractivity contribution in [3.8, 4) is 0 Å². The van der Waals surface area contributed by atoms with Gasteiger partial charge in [0.25, 0.3) is 0 Å². The Kier molecular flexibility index (Phi) is 2.15. The van der Waals surface area contributed by atoms with E-state index in [9.17, 15) is 0 Å². The van der Waals surface area contributed by atoms with Crippen molar-refractivity contribution >= 4 is 13.5 Å². The minimum atomic E-state index is -1.54. The van der Waals surface area contributed by atoms with E-state index in [2.05, 4.69) is 18.4 Å². The Morgan fingerprint density at radius 1 is 1.50 bits per heavy atom. The molecule has 0 bridgehead atoms. The van der Waals surface area contributed by atoms with Crippen LogP contribution in [0.15, 0.2) is 0 Å². The summed E-state index contributed by atoms with van der Waals surface area (Å²) in [7, 11) is 0. The van der Waals surface area contributed by atoms with Gasteiger partial charge in [-0.15, -0.1) is 0 Å². The van der Waals surface area contributed by atoms with Crippen molar-refractivity contribution in [2.45, 2.75) is 23.7 Å². The van der Waals surface area contributed by atoms with E-state index in [0.717, 1.165) is 0 Å². The van der Waals surface area contributed by atoms with E-state index in [1.807, 2.05) is 0 Å². The maximum atomic E-state index is 5.72. The average molecular weight is 148 g/mol. The van der Waals surface area contributed by atoms with Gasteiger partial charge >= 0.3 is 41.9 Å². The second kappa shape index (κ2) is 1.98. The van der Waals surface area contributed by atoms with Crippen LogP contribution in [0.3, 0.4) is 0 Å². The molecule has 6 heavy (non-hydrogen) atoms. The van der Waals surface area contributed by atoms with Gasteiger partial charge in [-0.1, -0.05) is 0 Å². The Bertz CT molecular complexity index is 37.3. The first-order valence-corrected chi connectivity index (χ1v) is 9.24. The minimum absolute atomic E-state index is 1.24. The zero-order valence-corrected chi connectivity index (χ0v) is 6.88. The molecule has 0 aromatic rings. The van der Waals surface area contributed by atoms with Gasteiger partial charge in [0.05, 0.1) is 0 Å². The summed E-state index contributed by atoms with van der Waals surface area (Å²) in [4.78, 5) is 0. The fraction of sp³-hybridized carbons (Fsp3) is 1.00. The third-order valence-electron chi connectivity index (χ3n) is 0.911. The molecule has 0 radical (unpaired) electrons. The fourth-order valence-corrected chi connectivity index (χ4v) is 0. The van der Waals surface area contributed by atoms with Crippen molar-refractivity contribution in [2.75, 3.05) is 0 Å². The first-order chi connectivity index (χ1) is 2.56. The molecule has 0 saturated carbocycles. The summed E-state index contributed by atoms with van der Waals surface area (Å²) >= 11 is -1.54. The van der Waals surface area contributed by atoms with Crippen molar-refractivity contribution in [2.24, 2.45) is 4.69 Å². The molecule has 0 aliphatic rings. The zero-order chi connectivity index (χ0) is 5.21. The molecule has 0 aliphatic carbocycles. The van der Waals surface area contributed by atoms with Gasteiger partial charge in [0.2, 0.25) is 0 Å². The summed E-state index contributed by atoms with van der Waals surface area (Å²) in [5.74, 6) is 4.42. The van der Waals surface area contributed by atoms with Gasteiger partial charge in [0.15, 0.2) is 0 Å². The van der Waals surface area contributed by atoms with Crippen LogP contribution < -0.4 is 4.69 Å². The number of rotatable bonds is 1. The standard InChI is InChI=1S/C4H13GeN/c1-4-5(2,3)6/h4,6H2,1-3H3. The normalized spacial score (nSPS) is 12.0. The van der Waals surface area contributed by atoms with Gasteiger partial charge in [-0.25, -0.2) is 0 Å². The van der Waals surface area contributed by atoms with Crippen LogP contribution in [0.2, 0.25) is 16.8 Å². The van der Waals surface area contributed by atoms with Crippen LogP contribution in [0.25, 0.3) is 0 Å². The third-order valence-corrected chi connectivity index (χ3v) is 4.73. The van der Waals surface area contributed by atoms with E-state index in [-0.39, 0.29) is 0 Å². The van der Waals surface area contributed by atoms with Crippen LogP contribution in [-0.2, 0) is 0 Å². The van der Waals surface area contributed by atoms with Gasteiger partial charge in [0, 0.05) is 0 Å². The van der Waals surface area contributed by atoms with Crippen LogP contribution in [0, 0.1) is 0 Å². The van der Waals surface area contributed by atoms with Gasteiger partial charge < -0.3 is 0 Å².